The summed E-state index contributed by atoms with van der Waals surface area (Å²) < 4.78 is 43.5. The van der Waals surface area contributed by atoms with Gasteiger partial charge in [0.2, 0.25) is 0 Å². The molecule has 1 fully saturated rings. The summed E-state index contributed by atoms with van der Waals surface area (Å²) in [6.45, 7) is 2.35. The van der Waals surface area contributed by atoms with Gasteiger partial charge in [-0.25, -0.2) is 8.78 Å². The maximum absolute atomic E-state index is 13.9. The van der Waals surface area contributed by atoms with E-state index < -0.39 is 13.5 Å². The Morgan fingerprint density at radius 1 is 1.38 bits per heavy atom. The fourth-order valence-corrected chi connectivity index (χ4v) is 3.17. The van der Waals surface area contributed by atoms with Crippen LogP contribution in [0.25, 0.3) is 11.1 Å². The van der Waals surface area contributed by atoms with Crippen molar-refractivity contribution in [2.75, 3.05) is 20.3 Å². The molecule has 1 N–H and O–H groups in total. The quantitative estimate of drug-likeness (QED) is 0.794. The highest BCUT2D eigenvalue weighted by molar-refractivity contribution is 6.43. The highest BCUT2D eigenvalue weighted by Crippen LogP contribution is 2.44. The molecule has 5 nitrogen and oxygen atoms in total. The Hall–Kier alpha value is -2.19. The second-order valence-corrected chi connectivity index (χ2v) is 6.02. The van der Waals surface area contributed by atoms with E-state index in [0.29, 0.717) is 24.1 Å². The molecule has 0 unspecified atom stereocenters. The van der Waals surface area contributed by atoms with Crippen LogP contribution in [0.1, 0.15) is 30.4 Å². The minimum Gasteiger partial charge on any atom is -0.493 e. The van der Waals surface area contributed by atoms with Crippen molar-refractivity contribution >= 4 is 7.12 Å². The van der Waals surface area contributed by atoms with Crippen molar-refractivity contribution in [3.63, 3.8) is 0 Å². The van der Waals surface area contributed by atoms with Gasteiger partial charge in [0.05, 0.1) is 19.3 Å². The molecule has 3 rings (SSSR count). The number of hydrogen-bond acceptors (Lipinski definition) is 5. The van der Waals surface area contributed by atoms with Crippen LogP contribution in [0.5, 0.6) is 11.5 Å². The van der Waals surface area contributed by atoms with E-state index in [-0.39, 0.29) is 29.6 Å². The number of aromatic nitrogens is 1. The zero-order valence-corrected chi connectivity index (χ0v) is 14.6. The van der Waals surface area contributed by atoms with Crippen LogP contribution in [0.2, 0.25) is 6.32 Å². The highest BCUT2D eigenvalue weighted by Gasteiger charge is 2.30. The molecule has 138 valence electrons. The summed E-state index contributed by atoms with van der Waals surface area (Å²) in [5.74, 6) is 0.298. The summed E-state index contributed by atoms with van der Waals surface area (Å²) >= 11 is 0. The van der Waals surface area contributed by atoms with Crippen LogP contribution >= 0.6 is 0 Å². The molecule has 2 aromatic rings. The monoisotopic (exact) mass is 363 g/mol. The Labute approximate surface area is 151 Å². The predicted molar refractivity (Wildman–Crippen MR) is 93.8 cm³/mol. The third-order valence-corrected chi connectivity index (χ3v) is 4.40. The molecule has 1 saturated heterocycles. The third-order valence-electron chi connectivity index (χ3n) is 4.40. The van der Waals surface area contributed by atoms with Gasteiger partial charge in [-0.1, -0.05) is 0 Å². The van der Waals surface area contributed by atoms with Crippen molar-refractivity contribution < 1.29 is 27.9 Å². The van der Waals surface area contributed by atoms with Crippen molar-refractivity contribution in [1.29, 1.82) is 0 Å². The number of pyridine rings is 1. The lowest BCUT2D eigenvalue weighted by Crippen LogP contribution is -2.07. The van der Waals surface area contributed by atoms with Crippen LogP contribution < -0.4 is 9.47 Å². The lowest BCUT2D eigenvalue weighted by Gasteiger charge is -2.18. The van der Waals surface area contributed by atoms with E-state index in [9.17, 15) is 13.8 Å². The number of ether oxygens (including phenoxy) is 2. The average Bonchev–Trinajstić information content (AvgIpc) is 3.08. The van der Waals surface area contributed by atoms with Crippen LogP contribution in [0.3, 0.4) is 0 Å². The van der Waals surface area contributed by atoms with Crippen LogP contribution in [-0.4, -0.2) is 37.4 Å². The predicted octanol–water partition coefficient (Wildman–Crippen LogP) is 3.69. The van der Waals surface area contributed by atoms with Crippen molar-refractivity contribution in [2.24, 2.45) is 0 Å². The molecule has 1 atom stereocenters. The zero-order valence-electron chi connectivity index (χ0n) is 14.6. The van der Waals surface area contributed by atoms with Crippen molar-refractivity contribution in [3.8, 4) is 22.6 Å². The molecule has 1 aliphatic heterocycles. The second-order valence-electron chi connectivity index (χ2n) is 6.02. The van der Waals surface area contributed by atoms with Gasteiger partial charge < -0.3 is 19.2 Å². The second kappa shape index (κ2) is 8.01. The molecule has 1 aromatic carbocycles. The minimum atomic E-state index is -2.73. The van der Waals surface area contributed by atoms with Crippen molar-refractivity contribution in [3.05, 3.63) is 41.7 Å². The van der Waals surface area contributed by atoms with E-state index in [0.717, 1.165) is 5.56 Å². The van der Waals surface area contributed by atoms with Gasteiger partial charge in [0, 0.05) is 30.5 Å². The fourth-order valence-electron chi connectivity index (χ4n) is 3.17. The normalized spacial score (nSPS) is 17.0. The van der Waals surface area contributed by atoms with E-state index in [1.807, 2.05) is 6.07 Å². The van der Waals surface area contributed by atoms with Crippen LogP contribution in [0, 0.1) is 0 Å². The summed E-state index contributed by atoms with van der Waals surface area (Å²) in [5.41, 5.74) is 1.53. The molecular weight excluding hydrogens is 343 g/mol. The number of methoxy groups -OCH3 is 1. The first-order valence-corrected chi connectivity index (χ1v) is 8.42. The van der Waals surface area contributed by atoms with Gasteiger partial charge >= 0.3 is 7.12 Å². The Bertz CT molecular complexity index is 775. The highest BCUT2D eigenvalue weighted by atomic mass is 19.3. The maximum Gasteiger partial charge on any atom is 0.454 e. The van der Waals surface area contributed by atoms with Gasteiger partial charge in [0.25, 0.3) is 6.43 Å². The number of benzene rings is 1. The molecule has 26 heavy (non-hydrogen) atoms. The summed E-state index contributed by atoms with van der Waals surface area (Å²) in [6.07, 6.45) is 0.936. The summed E-state index contributed by atoms with van der Waals surface area (Å²) in [4.78, 5) is 4.20. The van der Waals surface area contributed by atoms with Gasteiger partial charge in [-0.05, 0) is 42.6 Å². The fraction of sp³-hybridized carbons (Fsp3) is 0.389. The number of nitrogens with zero attached hydrogens (tertiary/aromatic N) is 1. The van der Waals surface area contributed by atoms with Crippen LogP contribution in [0.4, 0.5) is 8.78 Å². The van der Waals surface area contributed by atoms with Gasteiger partial charge in [-0.2, -0.15) is 0 Å². The largest absolute Gasteiger partial charge is 0.493 e. The Balaban J connectivity index is 2.07. The number of hydrogen-bond donors (Lipinski definition) is 1. The van der Waals surface area contributed by atoms with Gasteiger partial charge in [-0.3, -0.25) is 4.98 Å². The SMILES string of the molecule is CCOc1c(OC)ccc(-c2cncc([C@H]3COB(O)C3)c2)c1C(F)F. The van der Waals surface area contributed by atoms with Crippen molar-refractivity contribution in [2.45, 2.75) is 25.6 Å². The summed E-state index contributed by atoms with van der Waals surface area (Å²) in [5, 5.41) is 9.55. The van der Waals surface area contributed by atoms with E-state index in [4.69, 9.17) is 14.1 Å². The molecule has 0 saturated carbocycles. The van der Waals surface area contributed by atoms with Crippen LogP contribution in [0.15, 0.2) is 30.6 Å². The van der Waals surface area contributed by atoms with Gasteiger partial charge in [0.1, 0.15) is 0 Å². The minimum absolute atomic E-state index is 0.0166. The zero-order chi connectivity index (χ0) is 18.7. The van der Waals surface area contributed by atoms with Crippen molar-refractivity contribution in [1.82, 2.24) is 4.98 Å². The molecule has 0 amide bonds. The van der Waals surface area contributed by atoms with E-state index in [2.05, 4.69) is 4.98 Å². The number of halogens is 2. The smallest absolute Gasteiger partial charge is 0.454 e. The molecule has 2 heterocycles. The van der Waals surface area contributed by atoms with Crippen LogP contribution in [-0.2, 0) is 4.65 Å². The average molecular weight is 363 g/mol. The first kappa shape index (κ1) is 18.6. The van der Waals surface area contributed by atoms with Gasteiger partial charge in [-0.15, -0.1) is 0 Å². The first-order valence-electron chi connectivity index (χ1n) is 8.42. The maximum atomic E-state index is 13.9. The summed E-state index contributed by atoms with van der Waals surface area (Å²) in [6, 6.07) is 5.01. The molecule has 0 radical (unpaired) electrons. The molecule has 1 aromatic heterocycles. The molecule has 8 heteroatoms. The Morgan fingerprint density at radius 3 is 2.81 bits per heavy atom. The molecule has 0 aliphatic carbocycles. The summed E-state index contributed by atoms with van der Waals surface area (Å²) in [7, 11) is 0.617. The first-order chi connectivity index (χ1) is 12.5. The lowest BCUT2D eigenvalue weighted by atomic mass is 9.79. The Kier molecular flexibility index (Phi) is 5.73. The third kappa shape index (κ3) is 3.66. The molecule has 0 bridgehead atoms. The van der Waals surface area contributed by atoms with E-state index in [1.54, 1.807) is 31.5 Å². The van der Waals surface area contributed by atoms with E-state index >= 15 is 0 Å². The van der Waals surface area contributed by atoms with E-state index in [1.165, 1.54) is 7.11 Å². The molecule has 0 spiro atoms. The standard InChI is InChI=1S/C18H20BF2NO4/c1-3-25-17-15(24-2)5-4-14(16(17)18(20)21)12-6-11(8-22-9-12)13-7-19(23)26-10-13/h4-6,8-9,13,18,23H,3,7,10H2,1-2H3/t13-/m1/s1. The number of alkyl halides is 2. The van der Waals surface area contributed by atoms with Gasteiger partial charge in [0.15, 0.2) is 11.5 Å². The lowest BCUT2D eigenvalue weighted by molar-refractivity contribution is 0.145. The topological polar surface area (TPSA) is 60.8 Å². The molecule has 1 aliphatic rings. The Morgan fingerprint density at radius 2 is 2.19 bits per heavy atom. The molecular formula is C18H20BF2NO4. The number of rotatable bonds is 6.